The Labute approximate surface area is 130 Å². The number of hydrogen-bond acceptors (Lipinski definition) is 1. The lowest BCUT2D eigenvalue weighted by Crippen LogP contribution is -2.22. The molecule has 1 aromatic carbocycles. The van der Waals surface area contributed by atoms with Crippen molar-refractivity contribution in [2.24, 2.45) is 0 Å². The van der Waals surface area contributed by atoms with E-state index in [2.05, 4.69) is 79.4 Å². The van der Waals surface area contributed by atoms with Crippen LogP contribution < -0.4 is 0 Å². The fourth-order valence-electron chi connectivity index (χ4n) is 2.52. The van der Waals surface area contributed by atoms with Gasteiger partial charge in [-0.25, -0.2) is 0 Å². The highest BCUT2D eigenvalue weighted by Crippen LogP contribution is 2.41. The molecular formula is C20H30O. The van der Waals surface area contributed by atoms with Crippen molar-refractivity contribution in [1.29, 1.82) is 0 Å². The van der Waals surface area contributed by atoms with Gasteiger partial charge in [-0.05, 0) is 48.3 Å². The standard InChI is InChI=1S/C20H30O/c1-10-11-20(8,9)14-12-15(18(2,3)4)17(21)16(13-14)19(5,6)7/h12-13,21H,1-9H3. The second-order valence-electron chi connectivity index (χ2n) is 8.42. The maximum atomic E-state index is 10.7. The largest absolute Gasteiger partial charge is 0.507 e. The Hall–Kier alpha value is -1.42. The van der Waals surface area contributed by atoms with Crippen molar-refractivity contribution in [1.82, 2.24) is 0 Å². The molecule has 1 nitrogen and oxygen atoms in total. The Morgan fingerprint density at radius 1 is 0.810 bits per heavy atom. The quantitative estimate of drug-likeness (QED) is 0.696. The smallest absolute Gasteiger partial charge is 0.123 e. The third-order valence-corrected chi connectivity index (χ3v) is 3.89. The minimum atomic E-state index is -0.220. The minimum absolute atomic E-state index is 0.101. The molecule has 0 fully saturated rings. The molecule has 0 aromatic heterocycles. The molecule has 0 saturated carbocycles. The van der Waals surface area contributed by atoms with E-state index in [-0.39, 0.29) is 16.2 Å². The van der Waals surface area contributed by atoms with Gasteiger partial charge in [-0.1, -0.05) is 59.6 Å². The van der Waals surface area contributed by atoms with Crippen LogP contribution in [0.15, 0.2) is 12.1 Å². The monoisotopic (exact) mass is 286 g/mol. The summed E-state index contributed by atoms with van der Waals surface area (Å²) in [5.41, 5.74) is 2.74. The van der Waals surface area contributed by atoms with E-state index in [1.165, 1.54) is 5.56 Å². The molecule has 0 unspecified atom stereocenters. The Bertz CT molecular complexity index is 546. The van der Waals surface area contributed by atoms with E-state index in [1.807, 2.05) is 6.92 Å². The molecule has 0 saturated heterocycles. The van der Waals surface area contributed by atoms with Crippen molar-refractivity contribution in [2.75, 3.05) is 0 Å². The summed E-state index contributed by atoms with van der Waals surface area (Å²) in [4.78, 5) is 0. The van der Waals surface area contributed by atoms with Crippen molar-refractivity contribution >= 4 is 0 Å². The minimum Gasteiger partial charge on any atom is -0.507 e. The van der Waals surface area contributed by atoms with Crippen LogP contribution in [0.3, 0.4) is 0 Å². The second kappa shape index (κ2) is 5.41. The van der Waals surface area contributed by atoms with Crippen molar-refractivity contribution in [3.8, 4) is 17.6 Å². The van der Waals surface area contributed by atoms with Crippen LogP contribution in [-0.2, 0) is 16.2 Å². The zero-order chi connectivity index (χ0) is 16.6. The highest BCUT2D eigenvalue weighted by molar-refractivity contribution is 5.52. The molecule has 1 heteroatoms. The second-order valence-corrected chi connectivity index (χ2v) is 8.42. The van der Waals surface area contributed by atoms with Gasteiger partial charge in [0.1, 0.15) is 5.75 Å². The fraction of sp³-hybridized carbons (Fsp3) is 0.600. The Morgan fingerprint density at radius 3 is 1.48 bits per heavy atom. The van der Waals surface area contributed by atoms with E-state index in [9.17, 15) is 5.11 Å². The molecule has 0 heterocycles. The third kappa shape index (κ3) is 3.82. The van der Waals surface area contributed by atoms with Gasteiger partial charge in [-0.15, -0.1) is 5.92 Å². The average Bonchev–Trinajstić information content (AvgIpc) is 2.25. The molecule has 1 aromatic rings. The number of aromatic hydroxyl groups is 1. The van der Waals surface area contributed by atoms with Crippen LogP contribution in [-0.4, -0.2) is 5.11 Å². The van der Waals surface area contributed by atoms with E-state index in [1.54, 1.807) is 0 Å². The van der Waals surface area contributed by atoms with Crippen LogP contribution in [0.2, 0.25) is 0 Å². The molecule has 0 spiro atoms. The number of phenolic OH excluding ortho intramolecular Hbond substituents is 1. The lowest BCUT2D eigenvalue weighted by molar-refractivity contribution is 0.421. The molecule has 0 amide bonds. The van der Waals surface area contributed by atoms with Crippen LogP contribution >= 0.6 is 0 Å². The predicted molar refractivity (Wildman–Crippen MR) is 92.0 cm³/mol. The lowest BCUT2D eigenvalue weighted by atomic mass is 9.74. The third-order valence-electron chi connectivity index (χ3n) is 3.89. The van der Waals surface area contributed by atoms with Gasteiger partial charge in [-0.3, -0.25) is 0 Å². The van der Waals surface area contributed by atoms with Gasteiger partial charge in [0.05, 0.1) is 5.41 Å². The van der Waals surface area contributed by atoms with Crippen molar-refractivity contribution < 1.29 is 5.11 Å². The highest BCUT2D eigenvalue weighted by atomic mass is 16.3. The highest BCUT2D eigenvalue weighted by Gasteiger charge is 2.29. The van der Waals surface area contributed by atoms with E-state index in [4.69, 9.17) is 0 Å². The fourth-order valence-corrected chi connectivity index (χ4v) is 2.52. The summed E-state index contributed by atoms with van der Waals surface area (Å²) in [6, 6.07) is 4.24. The molecular weight excluding hydrogens is 256 g/mol. The van der Waals surface area contributed by atoms with Gasteiger partial charge in [0.2, 0.25) is 0 Å². The predicted octanol–water partition coefficient (Wildman–Crippen LogP) is 5.29. The zero-order valence-corrected chi connectivity index (χ0v) is 15.1. The summed E-state index contributed by atoms with van der Waals surface area (Å²) in [5, 5.41) is 10.7. The van der Waals surface area contributed by atoms with Gasteiger partial charge in [0.15, 0.2) is 0 Å². The van der Waals surface area contributed by atoms with Crippen LogP contribution in [0.4, 0.5) is 0 Å². The summed E-state index contributed by atoms with van der Waals surface area (Å²) < 4.78 is 0. The van der Waals surface area contributed by atoms with Crippen LogP contribution in [0.25, 0.3) is 0 Å². The van der Waals surface area contributed by atoms with E-state index < -0.39 is 0 Å². The topological polar surface area (TPSA) is 20.2 Å². The Balaban J connectivity index is 3.74. The summed E-state index contributed by atoms with van der Waals surface area (Å²) in [7, 11) is 0. The van der Waals surface area contributed by atoms with Gasteiger partial charge in [0.25, 0.3) is 0 Å². The maximum Gasteiger partial charge on any atom is 0.123 e. The van der Waals surface area contributed by atoms with Crippen molar-refractivity contribution in [2.45, 2.75) is 78.6 Å². The normalized spacial score (nSPS) is 12.8. The van der Waals surface area contributed by atoms with Crippen LogP contribution in [0.1, 0.15) is 79.0 Å². The summed E-state index contributed by atoms with van der Waals surface area (Å²) in [5.74, 6) is 6.74. The van der Waals surface area contributed by atoms with E-state index >= 15 is 0 Å². The molecule has 0 aliphatic carbocycles. The first-order valence-corrected chi connectivity index (χ1v) is 7.63. The number of hydrogen-bond donors (Lipinski definition) is 1. The molecule has 0 atom stereocenters. The first-order chi connectivity index (χ1) is 9.30. The SMILES string of the molecule is CC#CC(C)(C)c1cc(C(C)(C)C)c(O)c(C(C)(C)C)c1. The average molecular weight is 286 g/mol. The zero-order valence-electron chi connectivity index (χ0n) is 15.1. The number of benzene rings is 1. The van der Waals surface area contributed by atoms with Crippen molar-refractivity contribution in [3.05, 3.63) is 28.8 Å². The maximum absolute atomic E-state index is 10.7. The summed E-state index contributed by atoms with van der Waals surface area (Å²) in [6.07, 6.45) is 0. The lowest BCUT2D eigenvalue weighted by Gasteiger charge is -2.30. The van der Waals surface area contributed by atoms with Gasteiger partial charge in [0, 0.05) is 0 Å². The Kier molecular flexibility index (Phi) is 4.54. The van der Waals surface area contributed by atoms with Gasteiger partial charge in [-0.2, -0.15) is 0 Å². The van der Waals surface area contributed by atoms with E-state index in [0.29, 0.717) is 5.75 Å². The first kappa shape index (κ1) is 17.6. The van der Waals surface area contributed by atoms with Gasteiger partial charge >= 0.3 is 0 Å². The summed E-state index contributed by atoms with van der Waals surface area (Å²) in [6.45, 7) is 19.0. The van der Waals surface area contributed by atoms with E-state index in [0.717, 1.165) is 11.1 Å². The van der Waals surface area contributed by atoms with Gasteiger partial charge < -0.3 is 5.11 Å². The molecule has 1 rings (SSSR count). The number of phenols is 1. The molecule has 116 valence electrons. The molecule has 0 bridgehead atoms. The van der Waals surface area contributed by atoms with Crippen LogP contribution in [0.5, 0.6) is 5.75 Å². The molecule has 0 radical (unpaired) electrons. The summed E-state index contributed by atoms with van der Waals surface area (Å²) >= 11 is 0. The molecule has 1 N–H and O–H groups in total. The molecule has 0 aliphatic rings. The molecule has 21 heavy (non-hydrogen) atoms. The van der Waals surface area contributed by atoms with Crippen molar-refractivity contribution in [3.63, 3.8) is 0 Å². The first-order valence-electron chi connectivity index (χ1n) is 7.63. The number of rotatable bonds is 1. The Morgan fingerprint density at radius 2 is 1.19 bits per heavy atom. The molecule has 0 aliphatic heterocycles. The van der Waals surface area contributed by atoms with Crippen LogP contribution in [0, 0.1) is 11.8 Å².